The van der Waals surface area contributed by atoms with Gasteiger partial charge in [0, 0.05) is 12.8 Å². The van der Waals surface area contributed by atoms with Crippen molar-refractivity contribution in [2.75, 3.05) is 0 Å². The molecule has 1 rings (SSSR count). The average Bonchev–Trinajstić information content (AvgIpc) is 2.27. The van der Waals surface area contributed by atoms with Crippen molar-refractivity contribution in [1.82, 2.24) is 0 Å². The van der Waals surface area contributed by atoms with Gasteiger partial charge in [-0.15, -0.1) is 0 Å². The number of carbonyl (C=O) groups is 1. The van der Waals surface area contributed by atoms with Gasteiger partial charge in [0.2, 0.25) is 0 Å². The van der Waals surface area contributed by atoms with Crippen molar-refractivity contribution in [3.8, 4) is 0 Å². The second-order valence-corrected chi connectivity index (χ2v) is 4.03. The van der Waals surface area contributed by atoms with Crippen molar-refractivity contribution in [2.45, 2.75) is 33.0 Å². The van der Waals surface area contributed by atoms with Crippen LogP contribution in [0.4, 0.5) is 0 Å². The molecule has 3 atom stereocenters. The summed E-state index contributed by atoms with van der Waals surface area (Å²) >= 11 is 0. The zero-order chi connectivity index (χ0) is 12.1. The summed E-state index contributed by atoms with van der Waals surface area (Å²) in [6, 6.07) is 9.38. The summed E-state index contributed by atoms with van der Waals surface area (Å²) in [4.78, 5) is 10.8. The minimum atomic E-state index is -0.615. The van der Waals surface area contributed by atoms with Gasteiger partial charge in [0.05, 0.1) is 6.10 Å². The number of hydrogen-bond acceptors (Lipinski definition) is 3. The van der Waals surface area contributed by atoms with Crippen LogP contribution in [-0.2, 0) is 9.53 Å². The quantitative estimate of drug-likeness (QED) is 0.795. The van der Waals surface area contributed by atoms with Crippen LogP contribution in [0.3, 0.4) is 0 Å². The Kier molecular flexibility index (Phi) is 4.50. The van der Waals surface area contributed by atoms with E-state index in [2.05, 4.69) is 0 Å². The smallest absolute Gasteiger partial charge is 0.302 e. The third kappa shape index (κ3) is 3.35. The van der Waals surface area contributed by atoms with E-state index in [0.29, 0.717) is 0 Å². The molecule has 0 aromatic heterocycles. The van der Waals surface area contributed by atoms with Gasteiger partial charge in [-0.25, -0.2) is 0 Å². The Balaban J connectivity index is 2.67. The number of aliphatic hydroxyl groups is 1. The molecule has 0 aliphatic carbocycles. The fourth-order valence-electron chi connectivity index (χ4n) is 1.58. The molecule has 0 heterocycles. The molecule has 1 N–H and O–H groups in total. The molecule has 0 saturated carbocycles. The number of ether oxygens (including phenoxy) is 1. The largest absolute Gasteiger partial charge is 0.462 e. The number of hydrogen-bond donors (Lipinski definition) is 1. The lowest BCUT2D eigenvalue weighted by molar-refractivity contribution is -0.149. The first-order chi connectivity index (χ1) is 7.52. The summed E-state index contributed by atoms with van der Waals surface area (Å²) in [5.74, 6) is -0.453. The Morgan fingerprint density at radius 2 is 1.81 bits per heavy atom. The molecule has 0 aliphatic rings. The lowest BCUT2D eigenvalue weighted by atomic mass is 9.93. The summed E-state index contributed by atoms with van der Waals surface area (Å²) in [5, 5.41) is 10.1. The summed E-state index contributed by atoms with van der Waals surface area (Å²) in [6.07, 6.45) is -0.914. The van der Waals surface area contributed by atoms with Crippen LogP contribution in [0.15, 0.2) is 30.3 Å². The number of carbonyl (C=O) groups excluding carboxylic acids is 1. The predicted octanol–water partition coefficient (Wildman–Crippen LogP) is 2.31. The molecule has 0 fully saturated rings. The maximum Gasteiger partial charge on any atom is 0.302 e. The summed E-state index contributed by atoms with van der Waals surface area (Å²) in [6.45, 7) is 5.03. The molecule has 0 bridgehead atoms. The average molecular weight is 222 g/mol. The predicted molar refractivity (Wildman–Crippen MR) is 61.8 cm³/mol. The first-order valence-corrected chi connectivity index (χ1v) is 5.42. The van der Waals surface area contributed by atoms with Crippen LogP contribution in [0.1, 0.15) is 32.4 Å². The van der Waals surface area contributed by atoms with E-state index in [4.69, 9.17) is 4.74 Å². The van der Waals surface area contributed by atoms with Gasteiger partial charge in [-0.05, 0) is 12.5 Å². The molecule has 0 spiro atoms. The Morgan fingerprint density at radius 3 is 2.31 bits per heavy atom. The lowest BCUT2D eigenvalue weighted by Crippen LogP contribution is -2.26. The topological polar surface area (TPSA) is 46.5 Å². The number of esters is 1. The van der Waals surface area contributed by atoms with Crippen molar-refractivity contribution < 1.29 is 14.6 Å². The highest BCUT2D eigenvalue weighted by molar-refractivity contribution is 5.66. The standard InChI is InChI=1S/C13H18O3/c1-9(10(2)16-11(3)14)13(15)12-7-5-4-6-8-12/h4-10,13,15H,1-3H3/t9-,10-,13-/m1/s1. The van der Waals surface area contributed by atoms with Gasteiger partial charge in [0.1, 0.15) is 6.10 Å². The van der Waals surface area contributed by atoms with Crippen molar-refractivity contribution >= 4 is 5.97 Å². The van der Waals surface area contributed by atoms with E-state index in [1.54, 1.807) is 6.92 Å². The van der Waals surface area contributed by atoms with Crippen molar-refractivity contribution in [1.29, 1.82) is 0 Å². The third-order valence-electron chi connectivity index (χ3n) is 2.73. The summed E-state index contributed by atoms with van der Waals surface area (Å²) in [5.41, 5.74) is 0.842. The van der Waals surface area contributed by atoms with Crippen LogP contribution in [0.25, 0.3) is 0 Å². The van der Waals surface area contributed by atoms with Crippen LogP contribution >= 0.6 is 0 Å². The highest BCUT2D eigenvalue weighted by Crippen LogP contribution is 2.25. The van der Waals surface area contributed by atoms with Gasteiger partial charge < -0.3 is 9.84 Å². The minimum absolute atomic E-state index is 0.133. The zero-order valence-corrected chi connectivity index (χ0v) is 9.88. The molecule has 88 valence electrons. The maximum absolute atomic E-state index is 10.8. The molecule has 0 amide bonds. The normalized spacial score (nSPS) is 16.2. The SMILES string of the molecule is CC(=O)O[C@H](C)[C@@H](C)[C@@H](O)c1ccccc1. The van der Waals surface area contributed by atoms with Gasteiger partial charge in [0.15, 0.2) is 0 Å². The van der Waals surface area contributed by atoms with E-state index in [-0.39, 0.29) is 18.0 Å². The van der Waals surface area contributed by atoms with Crippen molar-refractivity contribution in [3.05, 3.63) is 35.9 Å². The van der Waals surface area contributed by atoms with Gasteiger partial charge in [-0.3, -0.25) is 4.79 Å². The fourth-order valence-corrected chi connectivity index (χ4v) is 1.58. The Labute approximate surface area is 96.1 Å². The molecular formula is C13H18O3. The van der Waals surface area contributed by atoms with Gasteiger partial charge in [0.25, 0.3) is 0 Å². The van der Waals surface area contributed by atoms with Gasteiger partial charge >= 0.3 is 5.97 Å². The van der Waals surface area contributed by atoms with Crippen LogP contribution in [0.2, 0.25) is 0 Å². The maximum atomic E-state index is 10.8. The van der Waals surface area contributed by atoms with E-state index < -0.39 is 6.10 Å². The van der Waals surface area contributed by atoms with Crippen LogP contribution in [0, 0.1) is 5.92 Å². The third-order valence-corrected chi connectivity index (χ3v) is 2.73. The van der Waals surface area contributed by atoms with E-state index in [9.17, 15) is 9.90 Å². The zero-order valence-electron chi connectivity index (χ0n) is 9.88. The molecule has 1 aromatic rings. The van der Waals surface area contributed by atoms with Crippen LogP contribution < -0.4 is 0 Å². The van der Waals surface area contributed by atoms with E-state index in [1.807, 2.05) is 37.3 Å². The van der Waals surface area contributed by atoms with Crippen molar-refractivity contribution in [2.24, 2.45) is 5.92 Å². The first kappa shape index (κ1) is 12.7. The van der Waals surface area contributed by atoms with E-state index in [1.165, 1.54) is 6.92 Å². The summed E-state index contributed by atoms with van der Waals surface area (Å²) < 4.78 is 5.06. The highest BCUT2D eigenvalue weighted by Gasteiger charge is 2.23. The Morgan fingerprint density at radius 1 is 1.25 bits per heavy atom. The number of rotatable bonds is 4. The highest BCUT2D eigenvalue weighted by atomic mass is 16.5. The molecule has 0 unspecified atom stereocenters. The number of benzene rings is 1. The van der Waals surface area contributed by atoms with Gasteiger partial charge in [-0.1, -0.05) is 37.3 Å². The molecule has 0 saturated heterocycles. The van der Waals surface area contributed by atoms with Crippen molar-refractivity contribution in [3.63, 3.8) is 0 Å². The second kappa shape index (κ2) is 5.66. The second-order valence-electron chi connectivity index (χ2n) is 4.03. The minimum Gasteiger partial charge on any atom is -0.462 e. The van der Waals surface area contributed by atoms with Gasteiger partial charge in [-0.2, -0.15) is 0 Å². The monoisotopic (exact) mass is 222 g/mol. The fraction of sp³-hybridized carbons (Fsp3) is 0.462. The number of aliphatic hydroxyl groups excluding tert-OH is 1. The molecule has 3 heteroatoms. The van der Waals surface area contributed by atoms with Crippen LogP contribution in [-0.4, -0.2) is 17.2 Å². The Bertz CT molecular complexity index is 334. The molecule has 0 aliphatic heterocycles. The molecule has 1 aromatic carbocycles. The van der Waals surface area contributed by atoms with Crippen LogP contribution in [0.5, 0.6) is 0 Å². The molecular weight excluding hydrogens is 204 g/mol. The molecule has 0 radical (unpaired) electrons. The van der Waals surface area contributed by atoms with E-state index >= 15 is 0 Å². The molecule has 16 heavy (non-hydrogen) atoms. The first-order valence-electron chi connectivity index (χ1n) is 5.42. The Hall–Kier alpha value is -1.35. The van der Waals surface area contributed by atoms with E-state index in [0.717, 1.165) is 5.56 Å². The lowest BCUT2D eigenvalue weighted by Gasteiger charge is -2.24. The summed E-state index contributed by atoms with van der Waals surface area (Å²) in [7, 11) is 0. The molecule has 3 nitrogen and oxygen atoms in total.